The smallest absolute Gasteiger partial charge is 0.407 e. The number of nitrogens with one attached hydrogen (secondary N) is 2. The first-order valence-corrected chi connectivity index (χ1v) is 12.0. The van der Waals surface area contributed by atoms with E-state index in [0.717, 1.165) is 32.5 Å². The molecular formula is C26H41N3O3. The van der Waals surface area contributed by atoms with E-state index in [1.54, 1.807) is 0 Å². The number of nitrogens with zero attached hydrogens (tertiary/aromatic N) is 1. The third-order valence-electron chi connectivity index (χ3n) is 7.24. The van der Waals surface area contributed by atoms with Crippen molar-refractivity contribution in [3.8, 4) is 0 Å². The SMILES string of the molecule is CNC(=O)O[C@](CC(C)C)(C(=O)N[C@H]1CC[C@@H]2CN(Cc3ccccc3)C[C@@H]21)C(C)(C)C. The van der Waals surface area contributed by atoms with Gasteiger partial charge in [0, 0.05) is 38.1 Å². The fraction of sp³-hybridized carbons (Fsp3) is 0.692. The number of ether oxygens (including phenoxy) is 1. The summed E-state index contributed by atoms with van der Waals surface area (Å²) in [5.41, 5.74) is -0.432. The van der Waals surface area contributed by atoms with Crippen molar-refractivity contribution >= 4 is 12.0 Å². The number of benzene rings is 1. The van der Waals surface area contributed by atoms with E-state index in [-0.39, 0.29) is 17.9 Å². The fourth-order valence-corrected chi connectivity index (χ4v) is 5.56. The average Bonchev–Trinajstić information content (AvgIpc) is 3.27. The number of amides is 2. The molecule has 1 saturated heterocycles. The Balaban J connectivity index is 1.73. The number of fused-ring (bicyclic) bond motifs is 1. The van der Waals surface area contributed by atoms with Crippen LogP contribution in [0.4, 0.5) is 4.79 Å². The van der Waals surface area contributed by atoms with E-state index >= 15 is 0 Å². The first-order valence-electron chi connectivity index (χ1n) is 12.0. The average molecular weight is 444 g/mol. The maximum Gasteiger partial charge on any atom is 0.407 e. The number of rotatable bonds is 7. The van der Waals surface area contributed by atoms with E-state index in [0.29, 0.717) is 18.3 Å². The van der Waals surface area contributed by atoms with Crippen molar-refractivity contribution in [3.63, 3.8) is 0 Å². The summed E-state index contributed by atoms with van der Waals surface area (Å²) in [6.45, 7) is 13.1. The molecule has 0 spiro atoms. The van der Waals surface area contributed by atoms with Crippen LogP contribution in [0.3, 0.4) is 0 Å². The molecule has 0 bridgehead atoms. The lowest BCUT2D eigenvalue weighted by Crippen LogP contribution is -2.61. The molecule has 2 N–H and O–H groups in total. The second-order valence-electron chi connectivity index (χ2n) is 11.1. The van der Waals surface area contributed by atoms with Gasteiger partial charge in [0.2, 0.25) is 0 Å². The van der Waals surface area contributed by atoms with Crippen LogP contribution in [-0.2, 0) is 16.1 Å². The summed E-state index contributed by atoms with van der Waals surface area (Å²) in [7, 11) is 1.53. The lowest BCUT2D eigenvalue weighted by molar-refractivity contribution is -0.156. The van der Waals surface area contributed by atoms with Crippen LogP contribution in [0, 0.1) is 23.2 Å². The van der Waals surface area contributed by atoms with E-state index in [9.17, 15) is 9.59 Å². The lowest BCUT2D eigenvalue weighted by atomic mass is 9.71. The lowest BCUT2D eigenvalue weighted by Gasteiger charge is -2.44. The molecule has 0 unspecified atom stereocenters. The molecule has 4 atom stereocenters. The minimum absolute atomic E-state index is 0.121. The van der Waals surface area contributed by atoms with Gasteiger partial charge >= 0.3 is 6.09 Å². The van der Waals surface area contributed by atoms with Crippen molar-refractivity contribution < 1.29 is 14.3 Å². The number of alkyl carbamates (subject to hydrolysis) is 1. The second-order valence-corrected chi connectivity index (χ2v) is 11.1. The molecule has 178 valence electrons. The Labute approximate surface area is 193 Å². The van der Waals surface area contributed by atoms with Crippen molar-refractivity contribution in [3.05, 3.63) is 35.9 Å². The standard InChI is InChI=1S/C26H41N3O3/c1-18(2)14-26(25(3,4)5,32-24(31)27-6)23(30)28-22-13-12-20-16-29(17-21(20)22)15-19-10-8-7-9-11-19/h7-11,18,20-22H,12-17H2,1-6H3,(H,27,31)(H,28,30)/t20-,21+,22+,26-/m1/s1. The van der Waals surface area contributed by atoms with Crippen molar-refractivity contribution in [2.45, 2.75) is 72.1 Å². The van der Waals surface area contributed by atoms with Crippen LogP contribution >= 0.6 is 0 Å². The summed E-state index contributed by atoms with van der Waals surface area (Å²) in [5, 5.41) is 5.88. The molecule has 1 aromatic rings. The van der Waals surface area contributed by atoms with Crippen LogP contribution in [-0.4, -0.2) is 48.7 Å². The summed E-state index contributed by atoms with van der Waals surface area (Å²) >= 11 is 0. The van der Waals surface area contributed by atoms with Crippen molar-refractivity contribution in [1.82, 2.24) is 15.5 Å². The largest absolute Gasteiger partial charge is 0.432 e. The monoisotopic (exact) mass is 443 g/mol. The number of hydrogen-bond acceptors (Lipinski definition) is 4. The van der Waals surface area contributed by atoms with Gasteiger partial charge in [0.15, 0.2) is 5.60 Å². The van der Waals surface area contributed by atoms with E-state index < -0.39 is 17.1 Å². The van der Waals surface area contributed by atoms with Crippen molar-refractivity contribution in [2.24, 2.45) is 23.2 Å². The van der Waals surface area contributed by atoms with Crippen LogP contribution in [0.2, 0.25) is 0 Å². The Kier molecular flexibility index (Phi) is 7.53. The van der Waals surface area contributed by atoms with Crippen LogP contribution < -0.4 is 10.6 Å². The van der Waals surface area contributed by atoms with Gasteiger partial charge in [0.05, 0.1) is 0 Å². The van der Waals surface area contributed by atoms with Gasteiger partial charge < -0.3 is 15.4 Å². The molecule has 6 heteroatoms. The normalized spacial score (nSPS) is 25.3. The quantitative estimate of drug-likeness (QED) is 0.663. The van der Waals surface area contributed by atoms with E-state index in [1.807, 2.05) is 26.8 Å². The highest BCUT2D eigenvalue weighted by molar-refractivity contribution is 5.89. The first-order chi connectivity index (χ1) is 15.1. The summed E-state index contributed by atoms with van der Waals surface area (Å²) in [5.74, 6) is 1.10. The maximum atomic E-state index is 13.8. The number of likely N-dealkylation sites (tertiary alicyclic amines) is 1. The molecule has 1 aromatic carbocycles. The predicted molar refractivity (Wildman–Crippen MR) is 127 cm³/mol. The van der Waals surface area contributed by atoms with Gasteiger partial charge in [-0.1, -0.05) is 65.0 Å². The summed E-state index contributed by atoms with van der Waals surface area (Å²) in [6.07, 6.45) is 2.04. The molecule has 0 radical (unpaired) electrons. The third-order valence-corrected chi connectivity index (χ3v) is 7.24. The van der Waals surface area contributed by atoms with E-state index in [1.165, 1.54) is 12.6 Å². The van der Waals surface area contributed by atoms with Gasteiger partial charge in [-0.15, -0.1) is 0 Å². The number of carbonyl (C=O) groups is 2. The zero-order chi connectivity index (χ0) is 23.5. The van der Waals surface area contributed by atoms with E-state index in [4.69, 9.17) is 4.74 Å². The van der Waals surface area contributed by atoms with Gasteiger partial charge in [-0.2, -0.15) is 0 Å². The van der Waals surface area contributed by atoms with Gasteiger partial charge in [-0.25, -0.2) is 4.79 Å². The molecular weight excluding hydrogens is 402 g/mol. The van der Waals surface area contributed by atoms with Gasteiger partial charge in [-0.05, 0) is 42.6 Å². The maximum absolute atomic E-state index is 13.8. The molecule has 1 aliphatic carbocycles. The Morgan fingerprint density at radius 3 is 2.41 bits per heavy atom. The molecule has 1 aliphatic heterocycles. The number of hydrogen-bond donors (Lipinski definition) is 2. The number of carbonyl (C=O) groups excluding carboxylic acids is 2. The molecule has 2 amide bonds. The molecule has 2 aliphatic rings. The summed E-state index contributed by atoms with van der Waals surface area (Å²) in [4.78, 5) is 28.6. The summed E-state index contributed by atoms with van der Waals surface area (Å²) in [6, 6.07) is 10.7. The first kappa shape index (κ1) is 24.6. The minimum Gasteiger partial charge on any atom is -0.432 e. The topological polar surface area (TPSA) is 70.7 Å². The van der Waals surface area contributed by atoms with Crippen LogP contribution in [0.1, 0.15) is 59.4 Å². The van der Waals surface area contributed by atoms with Crippen LogP contribution in [0.15, 0.2) is 30.3 Å². The fourth-order valence-electron chi connectivity index (χ4n) is 5.56. The molecule has 32 heavy (non-hydrogen) atoms. The molecule has 3 rings (SSSR count). The Morgan fingerprint density at radius 2 is 1.81 bits per heavy atom. The van der Waals surface area contributed by atoms with Crippen LogP contribution in [0.5, 0.6) is 0 Å². The van der Waals surface area contributed by atoms with Crippen LogP contribution in [0.25, 0.3) is 0 Å². The van der Waals surface area contributed by atoms with Gasteiger partial charge in [0.25, 0.3) is 5.91 Å². The summed E-state index contributed by atoms with van der Waals surface area (Å²) < 4.78 is 5.87. The second kappa shape index (κ2) is 9.82. The van der Waals surface area contributed by atoms with Gasteiger partial charge in [0.1, 0.15) is 0 Å². The molecule has 2 fully saturated rings. The Morgan fingerprint density at radius 1 is 1.12 bits per heavy atom. The van der Waals surface area contributed by atoms with E-state index in [2.05, 4.69) is 53.6 Å². The highest BCUT2D eigenvalue weighted by atomic mass is 16.6. The Hall–Kier alpha value is -2.08. The van der Waals surface area contributed by atoms with Gasteiger partial charge in [-0.3, -0.25) is 9.69 Å². The van der Waals surface area contributed by atoms with Crippen molar-refractivity contribution in [1.29, 1.82) is 0 Å². The molecule has 1 heterocycles. The third kappa shape index (κ3) is 5.28. The molecule has 6 nitrogen and oxygen atoms in total. The van der Waals surface area contributed by atoms with Crippen molar-refractivity contribution in [2.75, 3.05) is 20.1 Å². The zero-order valence-corrected chi connectivity index (χ0v) is 20.6. The Bertz CT molecular complexity index is 789. The highest BCUT2D eigenvalue weighted by Gasteiger charge is 2.54. The minimum atomic E-state index is -1.22. The molecule has 0 aromatic heterocycles. The zero-order valence-electron chi connectivity index (χ0n) is 20.6. The molecule has 1 saturated carbocycles. The highest BCUT2D eigenvalue weighted by Crippen LogP contribution is 2.42. The predicted octanol–water partition coefficient (Wildman–Crippen LogP) is 4.20.